The number of hydrogen-bond donors (Lipinski definition) is 0. The van der Waals surface area contributed by atoms with Crippen LogP contribution in [-0.2, 0) is 11.7 Å². The predicted octanol–water partition coefficient (Wildman–Crippen LogP) is 2.02. The molecule has 0 N–H and O–H groups in total. The third kappa shape index (κ3) is 1.95. The summed E-state index contributed by atoms with van der Waals surface area (Å²) in [6.45, 7) is 2.30. The maximum absolute atomic E-state index is 10.5. The van der Waals surface area contributed by atoms with Gasteiger partial charge in [-0.2, -0.15) is 0 Å². The van der Waals surface area contributed by atoms with E-state index >= 15 is 0 Å². The summed E-state index contributed by atoms with van der Waals surface area (Å²) < 4.78 is 5.23. The fourth-order valence-corrected chi connectivity index (χ4v) is 0.919. The second-order valence-corrected chi connectivity index (χ2v) is 2.19. The monoisotopic (exact) mass is 151 g/mol. The van der Waals surface area contributed by atoms with Crippen molar-refractivity contribution in [3.05, 3.63) is 29.8 Å². The fourth-order valence-electron chi connectivity index (χ4n) is 0.919. The maximum atomic E-state index is 10.5. The van der Waals surface area contributed by atoms with Crippen LogP contribution in [0.2, 0.25) is 0 Å². The Hall–Kier alpha value is -1.02. The van der Waals surface area contributed by atoms with Crippen LogP contribution in [0.1, 0.15) is 12.5 Å². The minimum Gasteiger partial charge on any atom is -0.494 e. The Bertz CT molecular complexity index is 221. The van der Waals surface area contributed by atoms with E-state index < -0.39 is 0 Å². The molecule has 2 nitrogen and oxygen atoms in total. The molecule has 0 saturated carbocycles. The second kappa shape index (κ2) is 3.98. The van der Waals surface area contributed by atoms with Gasteiger partial charge in [-0.1, -0.05) is 18.2 Å². The van der Waals surface area contributed by atoms with E-state index in [1.165, 1.54) is 0 Å². The van der Waals surface area contributed by atoms with Gasteiger partial charge >= 0.3 is 0 Å². The molecule has 0 heterocycles. The number of hydrogen-bond acceptors (Lipinski definition) is 1. The van der Waals surface area contributed by atoms with Crippen LogP contribution in [-0.4, -0.2) is 6.61 Å². The van der Waals surface area contributed by atoms with Crippen LogP contribution < -0.4 is 4.74 Å². The van der Waals surface area contributed by atoms with E-state index in [0.29, 0.717) is 12.4 Å². The number of para-hydroxylation sites is 1. The smallest absolute Gasteiger partial charge is 0.124 e. The number of rotatable bonds is 3. The largest absolute Gasteiger partial charge is 0.494 e. The Balaban J connectivity index is 2.83. The molecule has 0 fully saturated rings. The highest BCUT2D eigenvalue weighted by Crippen LogP contribution is 2.17. The molecule has 0 unspecified atom stereocenters. The predicted molar refractivity (Wildman–Crippen MR) is 42.0 cm³/mol. The van der Waals surface area contributed by atoms with Crippen molar-refractivity contribution in [1.29, 1.82) is 0 Å². The third-order valence-corrected chi connectivity index (χ3v) is 1.43. The molecule has 0 amide bonds. The highest BCUT2D eigenvalue weighted by atomic mass is 16.5. The van der Waals surface area contributed by atoms with Gasteiger partial charge in [0.05, 0.1) is 6.61 Å². The van der Waals surface area contributed by atoms with Crippen molar-refractivity contribution < 1.29 is 9.84 Å². The van der Waals surface area contributed by atoms with E-state index in [2.05, 4.69) is 0 Å². The first-order valence-electron chi connectivity index (χ1n) is 3.67. The van der Waals surface area contributed by atoms with E-state index in [-0.39, 0.29) is 6.61 Å². The molecule has 0 aliphatic carbocycles. The molecule has 0 aliphatic heterocycles. The molecule has 11 heavy (non-hydrogen) atoms. The lowest BCUT2D eigenvalue weighted by Gasteiger charge is -2.05. The molecule has 1 aromatic carbocycles. The molecule has 0 saturated heterocycles. The Labute approximate surface area is 66.4 Å². The zero-order chi connectivity index (χ0) is 8.10. The van der Waals surface area contributed by atoms with E-state index in [1.54, 1.807) is 6.07 Å². The molecule has 0 atom stereocenters. The Kier molecular flexibility index (Phi) is 2.93. The van der Waals surface area contributed by atoms with Gasteiger partial charge in [0.1, 0.15) is 12.4 Å². The normalized spacial score (nSPS) is 9.64. The van der Waals surface area contributed by atoms with Gasteiger partial charge in [-0.15, -0.1) is 0 Å². The molecule has 0 aliphatic rings. The average molecular weight is 151 g/mol. The van der Waals surface area contributed by atoms with Gasteiger partial charge in [0, 0.05) is 5.56 Å². The highest BCUT2D eigenvalue weighted by Gasteiger charge is 1.99. The van der Waals surface area contributed by atoms with Gasteiger partial charge in [0.25, 0.3) is 0 Å². The van der Waals surface area contributed by atoms with Crippen LogP contribution in [0, 0.1) is 0 Å². The molecule has 2 heteroatoms. The lowest BCUT2D eigenvalue weighted by molar-refractivity contribution is 0.173. The summed E-state index contributed by atoms with van der Waals surface area (Å²) in [5.41, 5.74) is 0.731. The maximum Gasteiger partial charge on any atom is 0.124 e. The zero-order valence-corrected chi connectivity index (χ0v) is 6.54. The first kappa shape index (κ1) is 8.08. The van der Waals surface area contributed by atoms with Crippen molar-refractivity contribution in [3.63, 3.8) is 0 Å². The van der Waals surface area contributed by atoms with Crippen molar-refractivity contribution in [2.45, 2.75) is 13.5 Å². The van der Waals surface area contributed by atoms with Crippen molar-refractivity contribution in [3.8, 4) is 5.75 Å². The van der Waals surface area contributed by atoms with Crippen LogP contribution in [0.4, 0.5) is 0 Å². The summed E-state index contributed by atoms with van der Waals surface area (Å²) >= 11 is 0. The number of benzene rings is 1. The van der Waals surface area contributed by atoms with E-state index in [9.17, 15) is 5.11 Å². The second-order valence-electron chi connectivity index (χ2n) is 2.19. The number of ether oxygens (including phenoxy) is 1. The standard InChI is InChI=1S/C9H11O2/c1-2-11-9-6-4-3-5-8(9)7-10/h3-6H,2,7H2,1H3. The minimum absolute atomic E-state index is 0.212. The van der Waals surface area contributed by atoms with Gasteiger partial charge < -0.3 is 4.74 Å². The van der Waals surface area contributed by atoms with Crippen LogP contribution in [0.5, 0.6) is 5.75 Å². The topological polar surface area (TPSA) is 29.1 Å². The van der Waals surface area contributed by atoms with Crippen molar-refractivity contribution in [2.75, 3.05) is 6.61 Å². The van der Waals surface area contributed by atoms with Gasteiger partial charge in [-0.3, -0.25) is 0 Å². The van der Waals surface area contributed by atoms with Gasteiger partial charge in [-0.25, -0.2) is 5.11 Å². The van der Waals surface area contributed by atoms with Gasteiger partial charge in [-0.05, 0) is 13.0 Å². The van der Waals surface area contributed by atoms with Crippen molar-refractivity contribution >= 4 is 0 Å². The lowest BCUT2D eigenvalue weighted by Crippen LogP contribution is -1.95. The third-order valence-electron chi connectivity index (χ3n) is 1.43. The molecule has 1 rings (SSSR count). The van der Waals surface area contributed by atoms with Crippen LogP contribution in [0.3, 0.4) is 0 Å². The molecule has 1 aromatic rings. The fraction of sp³-hybridized carbons (Fsp3) is 0.333. The first-order chi connectivity index (χ1) is 5.38. The average Bonchev–Trinajstić information content (AvgIpc) is 2.06. The van der Waals surface area contributed by atoms with Crippen LogP contribution >= 0.6 is 0 Å². The Morgan fingerprint density at radius 3 is 2.73 bits per heavy atom. The van der Waals surface area contributed by atoms with Gasteiger partial charge in [0.15, 0.2) is 0 Å². The molecule has 0 bridgehead atoms. The van der Waals surface area contributed by atoms with Crippen molar-refractivity contribution in [2.24, 2.45) is 0 Å². The van der Waals surface area contributed by atoms with Gasteiger partial charge in [0.2, 0.25) is 0 Å². The Morgan fingerprint density at radius 2 is 2.09 bits per heavy atom. The Morgan fingerprint density at radius 1 is 1.36 bits per heavy atom. The highest BCUT2D eigenvalue weighted by molar-refractivity contribution is 5.32. The minimum atomic E-state index is -0.212. The SMILES string of the molecule is CCOc1ccccc1C[O]. The zero-order valence-electron chi connectivity index (χ0n) is 6.54. The summed E-state index contributed by atoms with van der Waals surface area (Å²) in [5.74, 6) is 0.713. The van der Waals surface area contributed by atoms with Crippen LogP contribution in [0.25, 0.3) is 0 Å². The molecular formula is C9H11O2. The molecule has 0 aromatic heterocycles. The summed E-state index contributed by atoms with van der Waals surface area (Å²) in [5, 5.41) is 10.5. The molecular weight excluding hydrogens is 140 g/mol. The summed E-state index contributed by atoms with van der Waals surface area (Å²) in [6, 6.07) is 7.31. The molecule has 0 spiro atoms. The van der Waals surface area contributed by atoms with Crippen LogP contribution in [0.15, 0.2) is 24.3 Å². The van der Waals surface area contributed by atoms with E-state index in [4.69, 9.17) is 4.74 Å². The summed E-state index contributed by atoms with van der Waals surface area (Å²) in [7, 11) is 0. The molecule has 1 radical (unpaired) electrons. The first-order valence-corrected chi connectivity index (χ1v) is 3.67. The quantitative estimate of drug-likeness (QED) is 0.649. The summed E-state index contributed by atoms with van der Waals surface area (Å²) in [6.07, 6.45) is 0. The molecule has 59 valence electrons. The summed E-state index contributed by atoms with van der Waals surface area (Å²) in [4.78, 5) is 0. The van der Waals surface area contributed by atoms with E-state index in [0.717, 1.165) is 5.56 Å². The van der Waals surface area contributed by atoms with Crippen molar-refractivity contribution in [1.82, 2.24) is 0 Å². The lowest BCUT2D eigenvalue weighted by atomic mass is 10.2. The van der Waals surface area contributed by atoms with E-state index in [1.807, 2.05) is 25.1 Å².